The van der Waals surface area contributed by atoms with E-state index in [2.05, 4.69) is 48.5 Å². The van der Waals surface area contributed by atoms with E-state index in [4.69, 9.17) is 37.0 Å². The van der Waals surface area contributed by atoms with Crippen LogP contribution >= 0.6 is 15.6 Å². The SMILES string of the molecule is CCCCCCCCCCCCC(=O)OC[C@H](COP(=O)(O)OC[C@H](O)COP(=O)(O)OC[C@@H](COC(=O)CCCCCCCCCCC(C)CC)OC(=O)CCCCCCCCCCCCCCC(C)C)OC(=O)CCCCCCCCCCC(C)CC. The first-order valence-electron chi connectivity index (χ1n) is 36.4. The van der Waals surface area contributed by atoms with Crippen LogP contribution in [0.2, 0.25) is 0 Å². The maximum Gasteiger partial charge on any atom is 0.472 e. The van der Waals surface area contributed by atoms with Gasteiger partial charge in [-0.3, -0.25) is 37.3 Å². The molecule has 7 atom stereocenters. The third kappa shape index (κ3) is 62.0. The van der Waals surface area contributed by atoms with Crippen molar-refractivity contribution in [2.45, 2.75) is 369 Å². The van der Waals surface area contributed by atoms with Crippen LogP contribution in [0.4, 0.5) is 0 Å². The number of carbonyl (C=O) groups excluding carboxylic acids is 4. The van der Waals surface area contributed by atoms with Crippen molar-refractivity contribution >= 4 is 39.5 Å². The van der Waals surface area contributed by atoms with Crippen LogP contribution in [0.5, 0.6) is 0 Å². The third-order valence-electron chi connectivity index (χ3n) is 16.9. The van der Waals surface area contributed by atoms with Crippen LogP contribution in [-0.4, -0.2) is 96.7 Å². The van der Waals surface area contributed by atoms with E-state index in [-0.39, 0.29) is 25.7 Å². The van der Waals surface area contributed by atoms with Gasteiger partial charge in [0.2, 0.25) is 0 Å². The van der Waals surface area contributed by atoms with Gasteiger partial charge >= 0.3 is 39.5 Å². The number of unbranched alkanes of at least 4 members (excludes halogenated alkanes) is 34. The molecule has 0 amide bonds. The second-order valence-electron chi connectivity index (χ2n) is 26.2. The first kappa shape index (κ1) is 87.1. The van der Waals surface area contributed by atoms with Crippen LogP contribution in [0.25, 0.3) is 0 Å². The quantitative estimate of drug-likeness (QED) is 0.0222. The Kier molecular flexibility index (Phi) is 59.6. The molecule has 0 aromatic rings. The molecule has 0 bridgehead atoms. The lowest BCUT2D eigenvalue weighted by molar-refractivity contribution is -0.161. The van der Waals surface area contributed by atoms with Gasteiger partial charge in [-0.05, 0) is 43.4 Å². The summed E-state index contributed by atoms with van der Waals surface area (Å²) in [5.41, 5.74) is 0. The minimum atomic E-state index is -4.95. The number of phosphoric ester groups is 2. The molecular weight excluding hydrogens is 1170 g/mol. The molecule has 0 rings (SSSR count). The Morgan fingerprint density at radius 2 is 0.573 bits per heavy atom. The molecule has 3 N–H and O–H groups in total. The van der Waals surface area contributed by atoms with Crippen molar-refractivity contribution in [3.8, 4) is 0 Å². The second kappa shape index (κ2) is 61.0. The molecule has 0 radical (unpaired) electrons. The fourth-order valence-electron chi connectivity index (χ4n) is 10.5. The predicted molar refractivity (Wildman–Crippen MR) is 358 cm³/mol. The predicted octanol–water partition coefficient (Wildman–Crippen LogP) is 19.8. The second-order valence-corrected chi connectivity index (χ2v) is 29.1. The highest BCUT2D eigenvalue weighted by atomic mass is 31.2. The van der Waals surface area contributed by atoms with E-state index in [0.29, 0.717) is 25.7 Å². The molecule has 0 saturated heterocycles. The van der Waals surface area contributed by atoms with Gasteiger partial charge in [-0.25, -0.2) is 9.13 Å². The van der Waals surface area contributed by atoms with E-state index in [1.807, 2.05) is 0 Å². The normalized spacial score (nSPS) is 14.8. The molecule has 0 aromatic carbocycles. The Balaban J connectivity index is 5.26. The van der Waals surface area contributed by atoms with Crippen molar-refractivity contribution in [1.29, 1.82) is 0 Å². The first-order chi connectivity index (χ1) is 42.8. The summed E-state index contributed by atoms with van der Waals surface area (Å²) >= 11 is 0. The van der Waals surface area contributed by atoms with Crippen LogP contribution in [0.3, 0.4) is 0 Å². The number of aliphatic hydroxyl groups excluding tert-OH is 1. The summed E-state index contributed by atoms with van der Waals surface area (Å²) < 4.78 is 68.3. The maximum atomic E-state index is 13.0. The fourth-order valence-corrected chi connectivity index (χ4v) is 12.1. The number of rotatable bonds is 68. The average molecular weight is 1310 g/mol. The van der Waals surface area contributed by atoms with Crippen molar-refractivity contribution in [3.63, 3.8) is 0 Å². The monoisotopic (exact) mass is 1310 g/mol. The molecule has 0 aromatic heterocycles. The Bertz CT molecular complexity index is 1750. The van der Waals surface area contributed by atoms with Crippen LogP contribution < -0.4 is 0 Å². The summed E-state index contributed by atoms with van der Waals surface area (Å²) in [6, 6.07) is 0. The Morgan fingerprint density at radius 3 is 0.854 bits per heavy atom. The number of hydrogen-bond acceptors (Lipinski definition) is 15. The molecule has 89 heavy (non-hydrogen) atoms. The Labute approximate surface area is 543 Å². The lowest BCUT2D eigenvalue weighted by Crippen LogP contribution is -2.30. The molecule has 4 unspecified atom stereocenters. The van der Waals surface area contributed by atoms with Crippen LogP contribution in [0.1, 0.15) is 350 Å². The summed E-state index contributed by atoms with van der Waals surface area (Å²) in [6.07, 6.45) is 44.2. The van der Waals surface area contributed by atoms with Crippen LogP contribution in [0, 0.1) is 17.8 Å². The summed E-state index contributed by atoms with van der Waals surface area (Å²) in [6.45, 7) is 11.9. The summed E-state index contributed by atoms with van der Waals surface area (Å²) in [4.78, 5) is 72.5. The average Bonchev–Trinajstić information content (AvgIpc) is 3.72. The molecule has 0 spiro atoms. The van der Waals surface area contributed by atoms with Gasteiger partial charge in [0, 0.05) is 25.7 Å². The van der Waals surface area contributed by atoms with Crippen LogP contribution in [0.15, 0.2) is 0 Å². The largest absolute Gasteiger partial charge is 0.472 e. The molecule has 0 heterocycles. The van der Waals surface area contributed by atoms with E-state index in [0.717, 1.165) is 108 Å². The van der Waals surface area contributed by atoms with E-state index >= 15 is 0 Å². The summed E-state index contributed by atoms with van der Waals surface area (Å²) in [5, 5.41) is 10.6. The highest BCUT2D eigenvalue weighted by molar-refractivity contribution is 7.47. The minimum Gasteiger partial charge on any atom is -0.462 e. The molecule has 0 aliphatic rings. The van der Waals surface area contributed by atoms with Crippen molar-refractivity contribution in [2.24, 2.45) is 17.8 Å². The van der Waals surface area contributed by atoms with E-state index in [1.54, 1.807) is 0 Å². The van der Waals surface area contributed by atoms with Crippen molar-refractivity contribution < 1.29 is 80.2 Å². The van der Waals surface area contributed by atoms with Crippen molar-refractivity contribution in [3.05, 3.63) is 0 Å². The number of carbonyl (C=O) groups is 4. The minimum absolute atomic E-state index is 0.105. The van der Waals surface area contributed by atoms with E-state index < -0.39 is 97.5 Å². The smallest absolute Gasteiger partial charge is 0.462 e. The van der Waals surface area contributed by atoms with Gasteiger partial charge in [-0.1, -0.05) is 299 Å². The molecule has 17 nitrogen and oxygen atoms in total. The van der Waals surface area contributed by atoms with Gasteiger partial charge in [0.15, 0.2) is 12.2 Å². The summed E-state index contributed by atoms with van der Waals surface area (Å²) in [7, 11) is -9.90. The molecule has 0 saturated carbocycles. The molecule has 19 heteroatoms. The topological polar surface area (TPSA) is 237 Å². The van der Waals surface area contributed by atoms with Gasteiger partial charge < -0.3 is 33.8 Å². The molecular formula is C70H136O17P2. The summed E-state index contributed by atoms with van der Waals surface area (Å²) in [5.74, 6) is 0.196. The van der Waals surface area contributed by atoms with Crippen molar-refractivity contribution in [2.75, 3.05) is 39.6 Å². The van der Waals surface area contributed by atoms with Gasteiger partial charge in [-0.15, -0.1) is 0 Å². The number of hydrogen-bond donors (Lipinski definition) is 3. The standard InChI is InChI=1S/C70H136O17P2/c1-8-11-12-13-14-15-21-30-37-44-51-67(72)80-57-66(87-70(75)54-47-40-33-26-24-29-36-43-50-63(7)10-3)60-85-89(78,79)83-56-64(71)55-82-88(76,77)84-59-65(58-81-68(73)52-45-38-31-25-23-28-35-42-49-62(6)9-2)86-69(74)53-46-39-32-22-19-17-16-18-20-27-34-41-48-61(4)5/h61-66,71H,8-60H2,1-7H3,(H,76,77)(H,78,79)/t62?,63?,64-,65-,66-/m1/s1. The van der Waals surface area contributed by atoms with Crippen LogP contribution in [-0.2, 0) is 65.4 Å². The molecule has 0 aliphatic carbocycles. The lowest BCUT2D eigenvalue weighted by Gasteiger charge is -2.21. The zero-order valence-electron chi connectivity index (χ0n) is 57.9. The van der Waals surface area contributed by atoms with Crippen molar-refractivity contribution in [1.82, 2.24) is 0 Å². The Morgan fingerprint density at radius 1 is 0.326 bits per heavy atom. The zero-order valence-corrected chi connectivity index (χ0v) is 59.7. The van der Waals surface area contributed by atoms with E-state index in [1.165, 1.54) is 161 Å². The molecule has 0 aliphatic heterocycles. The first-order valence-corrected chi connectivity index (χ1v) is 39.4. The fraction of sp³-hybridized carbons (Fsp3) is 0.943. The Hall–Kier alpha value is -1.94. The third-order valence-corrected chi connectivity index (χ3v) is 18.8. The van der Waals surface area contributed by atoms with Gasteiger partial charge in [0.25, 0.3) is 0 Å². The zero-order chi connectivity index (χ0) is 65.9. The number of ether oxygens (including phenoxy) is 4. The molecule has 0 fully saturated rings. The number of esters is 4. The van der Waals surface area contributed by atoms with Gasteiger partial charge in [0.05, 0.1) is 26.4 Å². The van der Waals surface area contributed by atoms with E-state index in [9.17, 15) is 43.2 Å². The maximum absolute atomic E-state index is 13.0. The highest BCUT2D eigenvalue weighted by Crippen LogP contribution is 2.45. The molecule has 528 valence electrons. The number of aliphatic hydroxyl groups is 1. The van der Waals surface area contributed by atoms with Gasteiger partial charge in [-0.2, -0.15) is 0 Å². The number of phosphoric acid groups is 2. The highest BCUT2D eigenvalue weighted by Gasteiger charge is 2.30. The van der Waals surface area contributed by atoms with Gasteiger partial charge in [0.1, 0.15) is 19.3 Å². The lowest BCUT2D eigenvalue weighted by atomic mass is 9.99.